The summed E-state index contributed by atoms with van der Waals surface area (Å²) in [6.07, 6.45) is 2.56. The van der Waals surface area contributed by atoms with E-state index in [1.165, 1.54) is 0 Å². The van der Waals surface area contributed by atoms with Crippen LogP contribution in [0.15, 0.2) is 36.4 Å². The molecule has 1 aliphatic carbocycles. The minimum atomic E-state index is -0.668. The zero-order chi connectivity index (χ0) is 22.2. The number of hydrogen-bond donors (Lipinski definition) is 0. The van der Waals surface area contributed by atoms with Crippen molar-refractivity contribution in [3.8, 4) is 5.75 Å². The molecule has 3 atom stereocenters. The average molecular weight is 421 g/mol. The normalized spacial score (nSPS) is 25.9. The standard InChI is InChI=1S/C27H32O4/c1-17-11-18(2)24(19(3)12-17)25-23(28)15-27(26(25)29,14-21-9-10-31-16-21)13-20-5-7-22(30-4)8-6-20/h5-8,11-12,21,25H,9-10,13-16H2,1-4H3. The molecule has 4 heteroatoms. The van der Waals surface area contributed by atoms with E-state index in [0.717, 1.165) is 46.6 Å². The van der Waals surface area contributed by atoms with Crippen molar-refractivity contribution >= 4 is 11.6 Å². The Labute approximate surface area is 185 Å². The molecule has 1 aliphatic heterocycles. The van der Waals surface area contributed by atoms with Crippen LogP contribution in [0.4, 0.5) is 0 Å². The topological polar surface area (TPSA) is 52.6 Å². The van der Waals surface area contributed by atoms with Crippen molar-refractivity contribution in [3.05, 3.63) is 64.2 Å². The molecule has 3 unspecified atom stereocenters. The fourth-order valence-corrected chi connectivity index (χ4v) is 5.74. The predicted octanol–water partition coefficient (Wildman–Crippen LogP) is 4.90. The van der Waals surface area contributed by atoms with Crippen molar-refractivity contribution in [1.82, 2.24) is 0 Å². The number of ether oxygens (including phenoxy) is 2. The summed E-state index contributed by atoms with van der Waals surface area (Å²) in [6, 6.07) is 12.0. The molecule has 2 aromatic rings. The number of ketones is 2. The van der Waals surface area contributed by atoms with Crippen LogP contribution in [0, 0.1) is 32.1 Å². The molecule has 0 bridgehead atoms. The van der Waals surface area contributed by atoms with Crippen LogP contribution in [0.1, 0.15) is 53.0 Å². The van der Waals surface area contributed by atoms with E-state index in [2.05, 4.69) is 19.1 Å². The Morgan fingerprint density at radius 3 is 2.32 bits per heavy atom. The van der Waals surface area contributed by atoms with E-state index in [1.54, 1.807) is 7.11 Å². The van der Waals surface area contributed by atoms with Crippen molar-refractivity contribution < 1.29 is 19.1 Å². The average Bonchev–Trinajstić information content (AvgIpc) is 3.30. The van der Waals surface area contributed by atoms with Gasteiger partial charge in [0, 0.05) is 25.0 Å². The summed E-state index contributed by atoms with van der Waals surface area (Å²) in [5, 5.41) is 0. The second-order valence-electron chi connectivity index (χ2n) is 9.49. The maximum atomic E-state index is 14.1. The van der Waals surface area contributed by atoms with Gasteiger partial charge < -0.3 is 9.47 Å². The molecule has 1 saturated carbocycles. The minimum Gasteiger partial charge on any atom is -0.497 e. The van der Waals surface area contributed by atoms with E-state index in [1.807, 2.05) is 38.1 Å². The minimum absolute atomic E-state index is 0.0625. The van der Waals surface area contributed by atoms with Crippen molar-refractivity contribution in [2.45, 2.75) is 52.4 Å². The van der Waals surface area contributed by atoms with Gasteiger partial charge in [-0.05, 0) is 80.3 Å². The monoisotopic (exact) mass is 420 g/mol. The third-order valence-corrected chi connectivity index (χ3v) is 7.05. The van der Waals surface area contributed by atoms with Gasteiger partial charge in [-0.2, -0.15) is 0 Å². The Bertz CT molecular complexity index is 962. The van der Waals surface area contributed by atoms with Crippen LogP contribution in [-0.2, 0) is 20.7 Å². The van der Waals surface area contributed by atoms with Crippen LogP contribution in [0.25, 0.3) is 0 Å². The number of methoxy groups -OCH3 is 1. The smallest absolute Gasteiger partial charge is 0.154 e. The van der Waals surface area contributed by atoms with E-state index in [-0.39, 0.29) is 11.6 Å². The molecule has 0 radical (unpaired) electrons. The molecule has 0 amide bonds. The van der Waals surface area contributed by atoms with Crippen LogP contribution >= 0.6 is 0 Å². The molecule has 4 rings (SSSR count). The van der Waals surface area contributed by atoms with Crippen LogP contribution in [0.5, 0.6) is 5.75 Å². The first kappa shape index (κ1) is 21.8. The summed E-state index contributed by atoms with van der Waals surface area (Å²) in [5.41, 5.74) is 4.55. The van der Waals surface area contributed by atoms with Crippen LogP contribution < -0.4 is 4.74 Å². The number of aryl methyl sites for hydroxylation is 3. The van der Waals surface area contributed by atoms with Gasteiger partial charge in [0.15, 0.2) is 5.78 Å². The first-order chi connectivity index (χ1) is 14.8. The van der Waals surface area contributed by atoms with E-state index >= 15 is 0 Å². The number of Topliss-reactive ketones (excluding diaryl/α,β-unsaturated/α-hetero) is 2. The molecule has 2 fully saturated rings. The Morgan fingerprint density at radius 2 is 1.74 bits per heavy atom. The fraction of sp³-hybridized carbons (Fsp3) is 0.481. The lowest BCUT2D eigenvalue weighted by Crippen LogP contribution is -2.33. The third kappa shape index (κ3) is 4.18. The van der Waals surface area contributed by atoms with Crippen molar-refractivity contribution in [3.63, 3.8) is 0 Å². The summed E-state index contributed by atoms with van der Waals surface area (Å²) in [4.78, 5) is 27.4. The number of carbonyl (C=O) groups excluding carboxylic acids is 2. The first-order valence-corrected chi connectivity index (χ1v) is 11.2. The van der Waals surface area contributed by atoms with Gasteiger partial charge in [-0.1, -0.05) is 29.8 Å². The predicted molar refractivity (Wildman–Crippen MR) is 121 cm³/mol. The number of benzene rings is 2. The SMILES string of the molecule is COc1ccc(CC2(CC3CCOC3)CC(=O)C(c3c(C)cc(C)cc3C)C2=O)cc1. The fourth-order valence-electron chi connectivity index (χ4n) is 5.74. The molecule has 31 heavy (non-hydrogen) atoms. The molecule has 164 valence electrons. The first-order valence-electron chi connectivity index (χ1n) is 11.2. The van der Waals surface area contributed by atoms with Crippen molar-refractivity contribution in [1.29, 1.82) is 0 Å². The van der Waals surface area contributed by atoms with Crippen LogP contribution in [0.3, 0.4) is 0 Å². The highest BCUT2D eigenvalue weighted by molar-refractivity contribution is 6.17. The molecule has 1 heterocycles. The molecule has 4 nitrogen and oxygen atoms in total. The van der Waals surface area contributed by atoms with Gasteiger partial charge in [-0.15, -0.1) is 0 Å². The summed E-state index contributed by atoms with van der Waals surface area (Å²) in [7, 11) is 1.65. The molecular weight excluding hydrogens is 388 g/mol. The lowest BCUT2D eigenvalue weighted by atomic mass is 9.71. The van der Waals surface area contributed by atoms with Gasteiger partial charge in [-0.25, -0.2) is 0 Å². The van der Waals surface area contributed by atoms with Gasteiger partial charge >= 0.3 is 0 Å². The van der Waals surface area contributed by atoms with E-state index < -0.39 is 11.3 Å². The largest absolute Gasteiger partial charge is 0.497 e. The number of hydrogen-bond acceptors (Lipinski definition) is 4. The Morgan fingerprint density at radius 1 is 1.06 bits per heavy atom. The quantitative estimate of drug-likeness (QED) is 0.624. The van der Waals surface area contributed by atoms with Gasteiger partial charge in [0.1, 0.15) is 17.5 Å². The van der Waals surface area contributed by atoms with E-state index in [9.17, 15) is 9.59 Å². The lowest BCUT2D eigenvalue weighted by Gasteiger charge is -2.30. The summed E-state index contributed by atoms with van der Waals surface area (Å²) < 4.78 is 10.9. The van der Waals surface area contributed by atoms with Gasteiger partial charge in [0.25, 0.3) is 0 Å². The second-order valence-corrected chi connectivity index (χ2v) is 9.49. The zero-order valence-corrected chi connectivity index (χ0v) is 19.0. The van der Waals surface area contributed by atoms with Gasteiger partial charge in [0.2, 0.25) is 0 Å². The molecule has 0 aromatic heterocycles. The summed E-state index contributed by atoms with van der Waals surface area (Å²) >= 11 is 0. The van der Waals surface area contributed by atoms with E-state index in [4.69, 9.17) is 9.47 Å². The Balaban J connectivity index is 1.72. The van der Waals surface area contributed by atoms with Crippen molar-refractivity contribution in [2.24, 2.45) is 11.3 Å². The summed E-state index contributed by atoms with van der Waals surface area (Å²) in [5.74, 6) is 0.623. The Kier molecular flexibility index (Phi) is 6.02. The molecule has 2 aliphatic rings. The maximum Gasteiger partial charge on any atom is 0.154 e. The van der Waals surface area contributed by atoms with Crippen LogP contribution in [0.2, 0.25) is 0 Å². The molecule has 1 saturated heterocycles. The third-order valence-electron chi connectivity index (χ3n) is 7.05. The number of carbonyl (C=O) groups is 2. The Hall–Kier alpha value is -2.46. The lowest BCUT2D eigenvalue weighted by molar-refractivity contribution is -0.128. The maximum absolute atomic E-state index is 14.1. The highest BCUT2D eigenvalue weighted by Crippen LogP contribution is 2.49. The second kappa shape index (κ2) is 8.58. The van der Waals surface area contributed by atoms with E-state index in [0.29, 0.717) is 31.8 Å². The molecule has 0 N–H and O–H groups in total. The van der Waals surface area contributed by atoms with Crippen LogP contribution in [-0.4, -0.2) is 31.9 Å². The molecular formula is C27H32O4. The zero-order valence-electron chi connectivity index (χ0n) is 19.0. The van der Waals surface area contributed by atoms with Gasteiger partial charge in [0.05, 0.1) is 7.11 Å². The molecule has 2 aromatic carbocycles. The summed E-state index contributed by atoms with van der Waals surface area (Å²) in [6.45, 7) is 7.51. The van der Waals surface area contributed by atoms with Gasteiger partial charge in [-0.3, -0.25) is 9.59 Å². The highest BCUT2D eigenvalue weighted by atomic mass is 16.5. The molecule has 0 spiro atoms. The number of rotatable bonds is 6. The van der Waals surface area contributed by atoms with Crippen molar-refractivity contribution in [2.75, 3.05) is 20.3 Å². The highest BCUT2D eigenvalue weighted by Gasteiger charge is 2.54.